The van der Waals surface area contributed by atoms with Crippen molar-refractivity contribution in [3.8, 4) is 11.1 Å². The number of hydrogen-bond donors (Lipinski definition) is 1. The fraction of sp³-hybridized carbons (Fsp3) is 0.0909. The first kappa shape index (κ1) is 18.8. The number of aromatic nitrogens is 2. The number of nitrogens with zero attached hydrogens (tertiary/aromatic N) is 3. The molecule has 0 saturated heterocycles. The van der Waals surface area contributed by atoms with Crippen molar-refractivity contribution in [1.82, 2.24) is 15.0 Å². The summed E-state index contributed by atoms with van der Waals surface area (Å²) in [6.45, 7) is 1.82. The molecule has 0 saturated carbocycles. The lowest BCUT2D eigenvalue weighted by atomic mass is 10.0. The van der Waals surface area contributed by atoms with Gasteiger partial charge >= 0.3 is 0 Å². The van der Waals surface area contributed by atoms with Crippen molar-refractivity contribution < 1.29 is 4.79 Å². The number of aryl methyl sites for hydroxylation is 1. The van der Waals surface area contributed by atoms with E-state index < -0.39 is 5.91 Å². The van der Waals surface area contributed by atoms with Gasteiger partial charge in [-0.2, -0.15) is 5.10 Å². The third-order valence-electron chi connectivity index (χ3n) is 4.43. The van der Waals surface area contributed by atoms with Gasteiger partial charge in [-0.25, -0.2) is 10.4 Å². The lowest BCUT2D eigenvalue weighted by Gasteiger charge is -2.06. The molecule has 2 aromatic carbocycles. The first-order chi connectivity index (χ1) is 14.1. The highest BCUT2D eigenvalue weighted by Gasteiger charge is 2.17. The standard InChI is InChI=1S/C22H18N4O2S/c1-15-19(17-10-6-3-7-11-17)20-21(29-15)23-14-26(22(20)28)13-18(27)25-24-12-16-8-4-2-5-9-16/h2-12,14H,13H2,1H3,(H,25,27). The van der Waals surface area contributed by atoms with Crippen molar-refractivity contribution >= 4 is 33.7 Å². The van der Waals surface area contributed by atoms with E-state index in [0.29, 0.717) is 10.2 Å². The summed E-state index contributed by atoms with van der Waals surface area (Å²) in [5.74, 6) is -0.395. The highest BCUT2D eigenvalue weighted by Crippen LogP contribution is 2.35. The van der Waals surface area contributed by atoms with Gasteiger partial charge in [0.2, 0.25) is 0 Å². The monoisotopic (exact) mass is 402 g/mol. The number of benzene rings is 2. The smallest absolute Gasteiger partial charge is 0.263 e. The molecule has 0 fully saturated rings. The molecule has 6 nitrogen and oxygen atoms in total. The third-order valence-corrected chi connectivity index (χ3v) is 5.45. The van der Waals surface area contributed by atoms with Crippen molar-refractivity contribution in [3.05, 3.63) is 87.8 Å². The zero-order chi connectivity index (χ0) is 20.2. The number of amides is 1. The second-order valence-electron chi connectivity index (χ2n) is 6.46. The van der Waals surface area contributed by atoms with Crippen LogP contribution in [0.2, 0.25) is 0 Å². The molecule has 0 aliphatic carbocycles. The summed E-state index contributed by atoms with van der Waals surface area (Å²) in [5, 5.41) is 4.48. The summed E-state index contributed by atoms with van der Waals surface area (Å²) in [6, 6.07) is 19.2. The van der Waals surface area contributed by atoms with E-state index in [2.05, 4.69) is 15.5 Å². The average molecular weight is 402 g/mol. The predicted octanol–water partition coefficient (Wildman–Crippen LogP) is 3.58. The van der Waals surface area contributed by atoms with E-state index in [9.17, 15) is 9.59 Å². The number of hydrogen-bond acceptors (Lipinski definition) is 5. The van der Waals surface area contributed by atoms with Gasteiger partial charge in [0, 0.05) is 10.4 Å². The Bertz CT molecular complexity index is 1240. The van der Waals surface area contributed by atoms with Gasteiger partial charge in [0.15, 0.2) is 0 Å². The fourth-order valence-electron chi connectivity index (χ4n) is 3.11. The van der Waals surface area contributed by atoms with E-state index in [-0.39, 0.29) is 12.1 Å². The molecule has 4 aromatic rings. The van der Waals surface area contributed by atoms with Crippen molar-refractivity contribution in [2.24, 2.45) is 5.10 Å². The summed E-state index contributed by atoms with van der Waals surface area (Å²) in [6.07, 6.45) is 2.97. The van der Waals surface area contributed by atoms with Crippen LogP contribution in [-0.4, -0.2) is 21.7 Å². The Balaban J connectivity index is 1.60. The van der Waals surface area contributed by atoms with Crippen LogP contribution in [0.5, 0.6) is 0 Å². The lowest BCUT2D eigenvalue weighted by Crippen LogP contribution is -2.30. The molecule has 0 spiro atoms. The van der Waals surface area contributed by atoms with E-state index in [0.717, 1.165) is 21.6 Å². The molecule has 1 amide bonds. The molecular weight excluding hydrogens is 384 g/mol. The molecule has 144 valence electrons. The second-order valence-corrected chi connectivity index (χ2v) is 7.66. The molecule has 0 radical (unpaired) electrons. The first-order valence-electron chi connectivity index (χ1n) is 9.04. The number of carbonyl (C=O) groups is 1. The van der Waals surface area contributed by atoms with Crippen LogP contribution >= 0.6 is 11.3 Å². The minimum atomic E-state index is -0.395. The zero-order valence-electron chi connectivity index (χ0n) is 15.7. The quantitative estimate of drug-likeness (QED) is 0.409. The van der Waals surface area contributed by atoms with Gasteiger partial charge in [-0.15, -0.1) is 11.3 Å². The van der Waals surface area contributed by atoms with Gasteiger partial charge in [0.05, 0.1) is 17.9 Å². The molecule has 0 atom stereocenters. The average Bonchev–Trinajstić information content (AvgIpc) is 3.08. The number of carbonyl (C=O) groups excluding carboxylic acids is 1. The molecule has 0 bridgehead atoms. The normalized spacial score (nSPS) is 11.2. The maximum absolute atomic E-state index is 13.1. The number of fused-ring (bicyclic) bond motifs is 1. The van der Waals surface area contributed by atoms with Gasteiger partial charge in [-0.1, -0.05) is 60.7 Å². The molecule has 7 heteroatoms. The molecule has 0 unspecified atom stereocenters. The molecule has 1 N–H and O–H groups in total. The van der Waals surface area contributed by atoms with Crippen LogP contribution in [0.25, 0.3) is 21.3 Å². The van der Waals surface area contributed by atoms with E-state index >= 15 is 0 Å². The predicted molar refractivity (Wildman–Crippen MR) is 116 cm³/mol. The molecule has 2 aromatic heterocycles. The summed E-state index contributed by atoms with van der Waals surface area (Å²) in [4.78, 5) is 31.4. The van der Waals surface area contributed by atoms with Crippen molar-refractivity contribution in [2.45, 2.75) is 13.5 Å². The number of thiophene rings is 1. The number of hydrazone groups is 1. The van der Waals surface area contributed by atoms with Crippen molar-refractivity contribution in [2.75, 3.05) is 0 Å². The van der Waals surface area contributed by atoms with Crippen LogP contribution < -0.4 is 11.0 Å². The molecule has 2 heterocycles. The van der Waals surface area contributed by atoms with Crippen molar-refractivity contribution in [1.29, 1.82) is 0 Å². The van der Waals surface area contributed by atoms with Gasteiger partial charge in [-0.05, 0) is 18.1 Å². The number of rotatable bonds is 5. The fourth-order valence-corrected chi connectivity index (χ4v) is 4.11. The minimum Gasteiger partial charge on any atom is -0.289 e. The number of nitrogens with one attached hydrogen (secondary N) is 1. The molecule has 0 aliphatic heterocycles. The summed E-state index contributed by atoms with van der Waals surface area (Å²) in [7, 11) is 0. The Morgan fingerprint density at radius 2 is 1.83 bits per heavy atom. The molecule has 29 heavy (non-hydrogen) atoms. The Morgan fingerprint density at radius 3 is 2.55 bits per heavy atom. The molecule has 4 rings (SSSR count). The first-order valence-corrected chi connectivity index (χ1v) is 9.86. The van der Waals surface area contributed by atoms with Crippen LogP contribution in [0.15, 0.2) is 76.9 Å². The summed E-state index contributed by atoms with van der Waals surface area (Å²) >= 11 is 1.48. The molecule has 0 aliphatic rings. The van der Waals surface area contributed by atoms with Crippen LogP contribution in [0.3, 0.4) is 0 Å². The third kappa shape index (κ3) is 4.00. The van der Waals surface area contributed by atoms with Crippen LogP contribution in [0.1, 0.15) is 10.4 Å². The van der Waals surface area contributed by atoms with Gasteiger partial charge in [0.1, 0.15) is 11.4 Å². The second kappa shape index (κ2) is 8.20. The van der Waals surface area contributed by atoms with Gasteiger partial charge < -0.3 is 0 Å². The van der Waals surface area contributed by atoms with E-state index in [4.69, 9.17) is 0 Å². The summed E-state index contributed by atoms with van der Waals surface area (Å²) < 4.78 is 1.31. The topological polar surface area (TPSA) is 76.3 Å². The van der Waals surface area contributed by atoms with Gasteiger partial charge in [-0.3, -0.25) is 14.2 Å². The van der Waals surface area contributed by atoms with Crippen LogP contribution in [-0.2, 0) is 11.3 Å². The highest BCUT2D eigenvalue weighted by atomic mass is 32.1. The van der Waals surface area contributed by atoms with E-state index in [1.165, 1.54) is 22.2 Å². The summed E-state index contributed by atoms with van der Waals surface area (Å²) in [5.41, 5.74) is 4.92. The maximum Gasteiger partial charge on any atom is 0.263 e. The highest BCUT2D eigenvalue weighted by molar-refractivity contribution is 7.19. The van der Waals surface area contributed by atoms with Crippen LogP contribution in [0, 0.1) is 6.92 Å². The zero-order valence-corrected chi connectivity index (χ0v) is 16.5. The van der Waals surface area contributed by atoms with E-state index in [1.54, 1.807) is 6.21 Å². The van der Waals surface area contributed by atoms with Crippen molar-refractivity contribution in [3.63, 3.8) is 0 Å². The minimum absolute atomic E-state index is 0.156. The lowest BCUT2D eigenvalue weighted by molar-refractivity contribution is -0.121. The van der Waals surface area contributed by atoms with Crippen LogP contribution in [0.4, 0.5) is 0 Å². The Morgan fingerprint density at radius 1 is 1.14 bits per heavy atom. The largest absolute Gasteiger partial charge is 0.289 e. The Hall–Kier alpha value is -3.58. The molecular formula is C22H18N4O2S. The van der Waals surface area contributed by atoms with Gasteiger partial charge in [0.25, 0.3) is 11.5 Å². The maximum atomic E-state index is 13.1. The van der Waals surface area contributed by atoms with E-state index in [1.807, 2.05) is 67.6 Å². The Kier molecular flexibility index (Phi) is 5.31. The Labute approximate surface area is 171 Å². The SMILES string of the molecule is Cc1sc2ncn(CC(=O)NN=Cc3ccccc3)c(=O)c2c1-c1ccccc1.